The van der Waals surface area contributed by atoms with Crippen LogP contribution < -0.4 is 5.32 Å². The standard InChI is InChI=1S/C15H21N/c1-2-13(3-1)14-6-4-12(5-7-14)10-11-16-15-8-9-15/h4-7,13,15-16H,1-3,8-11H2. The largest absolute Gasteiger partial charge is 0.314 e. The number of hydrogen-bond acceptors (Lipinski definition) is 1. The van der Waals surface area contributed by atoms with Crippen LogP contribution in [-0.2, 0) is 6.42 Å². The SMILES string of the molecule is c1cc(C2CCC2)ccc1CCNC1CC1. The Morgan fingerprint density at radius 1 is 1.00 bits per heavy atom. The highest BCUT2D eigenvalue weighted by atomic mass is 14.9. The van der Waals surface area contributed by atoms with Gasteiger partial charge >= 0.3 is 0 Å². The van der Waals surface area contributed by atoms with Crippen LogP contribution in [0.4, 0.5) is 0 Å². The van der Waals surface area contributed by atoms with Gasteiger partial charge in [0.1, 0.15) is 0 Å². The first-order valence-electron chi connectivity index (χ1n) is 6.74. The Hall–Kier alpha value is -0.820. The lowest BCUT2D eigenvalue weighted by molar-refractivity contribution is 0.419. The first-order valence-corrected chi connectivity index (χ1v) is 6.74. The molecule has 2 fully saturated rings. The summed E-state index contributed by atoms with van der Waals surface area (Å²) >= 11 is 0. The van der Waals surface area contributed by atoms with Gasteiger partial charge in [-0.25, -0.2) is 0 Å². The summed E-state index contributed by atoms with van der Waals surface area (Å²) in [5.74, 6) is 0.874. The molecule has 0 spiro atoms. The zero-order valence-corrected chi connectivity index (χ0v) is 9.91. The average Bonchev–Trinajstić information content (AvgIpc) is 3.02. The van der Waals surface area contributed by atoms with Crippen molar-refractivity contribution in [1.29, 1.82) is 0 Å². The van der Waals surface area contributed by atoms with Crippen LogP contribution in [0.2, 0.25) is 0 Å². The second-order valence-electron chi connectivity index (χ2n) is 5.35. The smallest absolute Gasteiger partial charge is 0.00683 e. The van der Waals surface area contributed by atoms with E-state index >= 15 is 0 Å². The molecule has 0 radical (unpaired) electrons. The molecule has 2 aliphatic carbocycles. The fourth-order valence-corrected chi connectivity index (χ4v) is 2.41. The summed E-state index contributed by atoms with van der Waals surface area (Å²) in [6, 6.07) is 10.2. The maximum Gasteiger partial charge on any atom is 0.00683 e. The van der Waals surface area contributed by atoms with Gasteiger partial charge < -0.3 is 5.32 Å². The summed E-state index contributed by atoms with van der Waals surface area (Å²) in [6.45, 7) is 1.15. The minimum atomic E-state index is 0.842. The predicted octanol–water partition coefficient (Wildman–Crippen LogP) is 3.25. The van der Waals surface area contributed by atoms with Gasteiger partial charge in [0.15, 0.2) is 0 Å². The second kappa shape index (κ2) is 4.58. The van der Waals surface area contributed by atoms with Crippen LogP contribution in [0.3, 0.4) is 0 Å². The number of hydrogen-bond donors (Lipinski definition) is 1. The Labute approximate surface area is 98.3 Å². The van der Waals surface area contributed by atoms with Gasteiger partial charge in [0.05, 0.1) is 0 Å². The molecule has 2 aliphatic rings. The molecule has 0 unspecified atom stereocenters. The highest BCUT2D eigenvalue weighted by Gasteiger charge is 2.20. The normalized spacial score (nSPS) is 20.8. The van der Waals surface area contributed by atoms with Crippen LogP contribution in [0.25, 0.3) is 0 Å². The van der Waals surface area contributed by atoms with E-state index in [1.807, 2.05) is 0 Å². The first kappa shape index (κ1) is 10.3. The van der Waals surface area contributed by atoms with E-state index < -0.39 is 0 Å². The van der Waals surface area contributed by atoms with Crippen molar-refractivity contribution >= 4 is 0 Å². The van der Waals surface area contributed by atoms with Gasteiger partial charge in [-0.15, -0.1) is 0 Å². The van der Waals surface area contributed by atoms with Crippen LogP contribution >= 0.6 is 0 Å². The molecule has 1 N–H and O–H groups in total. The quantitative estimate of drug-likeness (QED) is 0.795. The summed E-state index contributed by atoms with van der Waals surface area (Å²) in [7, 11) is 0. The molecule has 86 valence electrons. The van der Waals surface area contributed by atoms with Crippen molar-refractivity contribution in [2.45, 2.75) is 50.5 Å². The molecule has 0 bridgehead atoms. The van der Waals surface area contributed by atoms with Crippen molar-refractivity contribution in [2.75, 3.05) is 6.54 Å². The topological polar surface area (TPSA) is 12.0 Å². The minimum Gasteiger partial charge on any atom is -0.314 e. The third-order valence-electron chi connectivity index (χ3n) is 3.98. The molecule has 0 aromatic heterocycles. The molecule has 16 heavy (non-hydrogen) atoms. The maximum absolute atomic E-state index is 3.56. The Morgan fingerprint density at radius 3 is 2.31 bits per heavy atom. The number of benzene rings is 1. The summed E-state index contributed by atoms with van der Waals surface area (Å²) in [5.41, 5.74) is 3.04. The second-order valence-corrected chi connectivity index (χ2v) is 5.35. The van der Waals surface area contributed by atoms with E-state index in [1.165, 1.54) is 44.1 Å². The Balaban J connectivity index is 1.50. The van der Waals surface area contributed by atoms with Gasteiger partial charge in [-0.05, 0) is 55.7 Å². The van der Waals surface area contributed by atoms with E-state index in [4.69, 9.17) is 0 Å². The lowest BCUT2D eigenvalue weighted by Gasteiger charge is -2.25. The number of nitrogens with one attached hydrogen (secondary N) is 1. The van der Waals surface area contributed by atoms with Gasteiger partial charge in [-0.1, -0.05) is 30.7 Å². The van der Waals surface area contributed by atoms with Crippen LogP contribution in [0.5, 0.6) is 0 Å². The van der Waals surface area contributed by atoms with Crippen molar-refractivity contribution < 1.29 is 0 Å². The van der Waals surface area contributed by atoms with Crippen molar-refractivity contribution in [3.05, 3.63) is 35.4 Å². The molecule has 1 aromatic rings. The van der Waals surface area contributed by atoms with Crippen LogP contribution in [0, 0.1) is 0 Å². The summed E-state index contributed by atoms with van der Waals surface area (Å²) in [6.07, 6.45) is 8.20. The molecule has 0 heterocycles. The monoisotopic (exact) mass is 215 g/mol. The summed E-state index contributed by atoms with van der Waals surface area (Å²) in [5, 5.41) is 3.56. The fraction of sp³-hybridized carbons (Fsp3) is 0.600. The molecule has 1 aromatic carbocycles. The van der Waals surface area contributed by atoms with Gasteiger partial charge in [0.25, 0.3) is 0 Å². The van der Waals surface area contributed by atoms with Crippen molar-refractivity contribution in [2.24, 2.45) is 0 Å². The van der Waals surface area contributed by atoms with Crippen LogP contribution in [-0.4, -0.2) is 12.6 Å². The molecule has 1 nitrogen and oxygen atoms in total. The molecule has 0 amide bonds. The number of rotatable bonds is 5. The molecular formula is C15H21N. The van der Waals surface area contributed by atoms with E-state index in [0.717, 1.165) is 18.5 Å². The fourth-order valence-electron chi connectivity index (χ4n) is 2.41. The third-order valence-corrected chi connectivity index (χ3v) is 3.98. The van der Waals surface area contributed by atoms with Gasteiger partial charge in [0.2, 0.25) is 0 Å². The predicted molar refractivity (Wildman–Crippen MR) is 67.8 cm³/mol. The van der Waals surface area contributed by atoms with E-state index in [-0.39, 0.29) is 0 Å². The lowest BCUT2D eigenvalue weighted by Crippen LogP contribution is -2.19. The van der Waals surface area contributed by atoms with Crippen molar-refractivity contribution in [1.82, 2.24) is 5.32 Å². The lowest BCUT2D eigenvalue weighted by atomic mass is 9.80. The zero-order valence-electron chi connectivity index (χ0n) is 9.91. The molecule has 2 saturated carbocycles. The molecule has 3 rings (SSSR count). The van der Waals surface area contributed by atoms with Gasteiger partial charge in [0, 0.05) is 6.04 Å². The molecule has 0 atom stereocenters. The van der Waals surface area contributed by atoms with E-state index in [2.05, 4.69) is 29.6 Å². The minimum absolute atomic E-state index is 0.842. The van der Waals surface area contributed by atoms with Crippen LogP contribution in [0.1, 0.15) is 49.1 Å². The molecule has 1 heteroatoms. The van der Waals surface area contributed by atoms with Crippen LogP contribution in [0.15, 0.2) is 24.3 Å². The summed E-state index contributed by atoms with van der Waals surface area (Å²) in [4.78, 5) is 0. The maximum atomic E-state index is 3.56. The summed E-state index contributed by atoms with van der Waals surface area (Å²) < 4.78 is 0. The van der Waals surface area contributed by atoms with E-state index in [9.17, 15) is 0 Å². The molecule has 0 saturated heterocycles. The van der Waals surface area contributed by atoms with Gasteiger partial charge in [-0.2, -0.15) is 0 Å². The third kappa shape index (κ3) is 2.46. The van der Waals surface area contributed by atoms with Gasteiger partial charge in [-0.3, -0.25) is 0 Å². The van der Waals surface area contributed by atoms with E-state index in [1.54, 1.807) is 5.56 Å². The Bertz CT molecular complexity index is 333. The zero-order chi connectivity index (χ0) is 10.8. The van der Waals surface area contributed by atoms with E-state index in [0.29, 0.717) is 0 Å². The van der Waals surface area contributed by atoms with Crippen molar-refractivity contribution in [3.63, 3.8) is 0 Å². The first-order chi connectivity index (χ1) is 7.92. The van der Waals surface area contributed by atoms with Crippen molar-refractivity contribution in [3.8, 4) is 0 Å². The molecule has 0 aliphatic heterocycles. The highest BCUT2D eigenvalue weighted by molar-refractivity contribution is 5.26. The Morgan fingerprint density at radius 2 is 1.75 bits per heavy atom. The average molecular weight is 215 g/mol. The highest BCUT2D eigenvalue weighted by Crippen LogP contribution is 2.36. The molecular weight excluding hydrogens is 194 g/mol. The Kier molecular flexibility index (Phi) is 2.96.